The maximum absolute atomic E-state index is 14.5. The average molecular weight is 454 g/mol. The molecular formula is C23H22F4O5. The van der Waals surface area contributed by atoms with Gasteiger partial charge in [-0.05, 0) is 29.7 Å². The number of halogens is 4. The number of carbonyl (C=O) groups is 2. The maximum Gasteiger partial charge on any atom is 0.389 e. The van der Waals surface area contributed by atoms with Crippen LogP contribution in [0.4, 0.5) is 17.6 Å². The van der Waals surface area contributed by atoms with E-state index in [2.05, 4.69) is 17.9 Å². The fourth-order valence-electron chi connectivity index (χ4n) is 2.87. The van der Waals surface area contributed by atoms with Gasteiger partial charge in [0, 0.05) is 25.0 Å². The predicted octanol–water partition coefficient (Wildman–Crippen LogP) is 4.68. The minimum atomic E-state index is -4.22. The number of allylic oxidation sites excluding steroid dienone is 1. The van der Waals surface area contributed by atoms with Crippen LogP contribution in [-0.4, -0.2) is 31.3 Å². The quantitative estimate of drug-likeness (QED) is 0.276. The first kappa shape index (κ1) is 25.1. The van der Waals surface area contributed by atoms with Gasteiger partial charge in [-0.25, -0.2) is 18.4 Å². The van der Waals surface area contributed by atoms with Gasteiger partial charge < -0.3 is 14.2 Å². The van der Waals surface area contributed by atoms with Crippen LogP contribution in [0, 0.1) is 11.6 Å². The van der Waals surface area contributed by atoms with Gasteiger partial charge in [-0.1, -0.05) is 31.4 Å². The lowest BCUT2D eigenvalue weighted by atomic mass is 10.0. The van der Waals surface area contributed by atoms with Gasteiger partial charge in [-0.15, -0.1) is 0 Å². The highest BCUT2D eigenvalue weighted by atomic mass is 19.3. The molecule has 0 saturated carbocycles. The molecule has 9 heteroatoms. The van der Waals surface area contributed by atoms with Crippen LogP contribution in [0.25, 0.3) is 0 Å². The zero-order chi connectivity index (χ0) is 23.7. The Bertz CT molecular complexity index is 913. The highest BCUT2D eigenvalue weighted by molar-refractivity contribution is 5.81. The Morgan fingerprint density at radius 3 is 2.09 bits per heavy atom. The summed E-state index contributed by atoms with van der Waals surface area (Å²) in [7, 11) is 0. The highest BCUT2D eigenvalue weighted by Crippen LogP contribution is 2.36. The third-order valence-electron chi connectivity index (χ3n) is 4.43. The van der Waals surface area contributed by atoms with Crippen molar-refractivity contribution in [3.8, 4) is 0 Å². The first-order valence-corrected chi connectivity index (χ1v) is 9.66. The Morgan fingerprint density at radius 1 is 1.03 bits per heavy atom. The number of hydrogen-bond donors (Lipinski definition) is 0. The van der Waals surface area contributed by atoms with Crippen LogP contribution in [0.1, 0.15) is 24.0 Å². The van der Waals surface area contributed by atoms with Gasteiger partial charge in [-0.3, -0.25) is 0 Å². The lowest BCUT2D eigenvalue weighted by Crippen LogP contribution is -2.28. The van der Waals surface area contributed by atoms with Crippen molar-refractivity contribution in [3.63, 3.8) is 0 Å². The molecule has 0 spiro atoms. The van der Waals surface area contributed by atoms with Gasteiger partial charge in [0.05, 0.1) is 19.3 Å². The molecule has 1 unspecified atom stereocenters. The lowest BCUT2D eigenvalue weighted by Gasteiger charge is -2.24. The number of ether oxygens (including phenoxy) is 3. The summed E-state index contributed by atoms with van der Waals surface area (Å²) in [5, 5.41) is 0. The second kappa shape index (κ2) is 11.4. The van der Waals surface area contributed by atoms with E-state index in [0.29, 0.717) is 6.42 Å². The highest BCUT2D eigenvalue weighted by Gasteiger charge is 2.41. The zero-order valence-corrected chi connectivity index (χ0v) is 17.1. The average Bonchev–Trinajstić information content (AvgIpc) is 2.73. The van der Waals surface area contributed by atoms with E-state index in [9.17, 15) is 27.2 Å². The van der Waals surface area contributed by atoms with Crippen LogP contribution >= 0.6 is 0 Å². The largest absolute Gasteiger partial charge is 0.462 e. The number of alkyl halides is 2. The second-order valence-electron chi connectivity index (χ2n) is 6.72. The Kier molecular flexibility index (Phi) is 8.95. The van der Waals surface area contributed by atoms with Crippen LogP contribution in [0.3, 0.4) is 0 Å². The molecule has 0 amide bonds. The van der Waals surface area contributed by atoms with Crippen molar-refractivity contribution < 1.29 is 41.4 Å². The minimum absolute atomic E-state index is 0.0405. The summed E-state index contributed by atoms with van der Waals surface area (Å²) in [6, 6.07) is 1.49. The third kappa shape index (κ3) is 7.19. The number of benzene rings is 1. The first-order valence-electron chi connectivity index (χ1n) is 9.66. The Morgan fingerprint density at radius 2 is 1.59 bits per heavy atom. The van der Waals surface area contributed by atoms with E-state index in [1.165, 1.54) is 12.2 Å². The smallest absolute Gasteiger partial charge is 0.389 e. The molecule has 1 aliphatic rings. The van der Waals surface area contributed by atoms with E-state index in [1.54, 1.807) is 6.08 Å². The van der Waals surface area contributed by atoms with Gasteiger partial charge >= 0.3 is 18.0 Å². The zero-order valence-electron chi connectivity index (χ0n) is 17.1. The number of esters is 2. The summed E-state index contributed by atoms with van der Waals surface area (Å²) in [4.78, 5) is 22.0. The van der Waals surface area contributed by atoms with Crippen molar-refractivity contribution in [2.75, 3.05) is 13.2 Å². The molecule has 0 saturated heterocycles. The Balaban J connectivity index is 1.97. The predicted molar refractivity (Wildman–Crippen MR) is 108 cm³/mol. The van der Waals surface area contributed by atoms with E-state index in [-0.39, 0.29) is 31.6 Å². The van der Waals surface area contributed by atoms with Crippen molar-refractivity contribution in [3.05, 3.63) is 84.0 Å². The monoisotopic (exact) mass is 454 g/mol. The molecule has 0 fully saturated rings. The van der Waals surface area contributed by atoms with Crippen LogP contribution in [0.2, 0.25) is 0 Å². The van der Waals surface area contributed by atoms with Gasteiger partial charge in [-0.2, -0.15) is 8.78 Å². The van der Waals surface area contributed by atoms with E-state index in [0.717, 1.165) is 29.9 Å². The molecule has 1 atom stereocenters. The fourth-order valence-corrected chi connectivity index (χ4v) is 2.87. The topological polar surface area (TPSA) is 61.8 Å². The van der Waals surface area contributed by atoms with Crippen molar-refractivity contribution in [1.29, 1.82) is 0 Å². The molecule has 5 nitrogen and oxygen atoms in total. The molecule has 1 aromatic rings. The Labute approximate surface area is 182 Å². The van der Waals surface area contributed by atoms with Crippen molar-refractivity contribution in [1.82, 2.24) is 0 Å². The van der Waals surface area contributed by atoms with Gasteiger partial charge in [0.15, 0.2) is 0 Å². The summed E-state index contributed by atoms with van der Waals surface area (Å²) >= 11 is 0. The van der Waals surface area contributed by atoms with Crippen LogP contribution in [0.15, 0.2) is 61.2 Å². The van der Waals surface area contributed by atoms with E-state index < -0.39 is 41.3 Å². The molecule has 0 bridgehead atoms. The van der Waals surface area contributed by atoms with E-state index in [1.807, 2.05) is 0 Å². The van der Waals surface area contributed by atoms with Crippen LogP contribution in [-0.2, 0) is 36.3 Å². The number of rotatable bonds is 11. The molecule has 1 aliphatic carbocycles. The molecule has 0 N–H and O–H groups in total. The summed E-state index contributed by atoms with van der Waals surface area (Å²) in [6.07, 6.45) is 1.45. The Hall–Kier alpha value is -3.20. The van der Waals surface area contributed by atoms with Crippen molar-refractivity contribution >= 4 is 11.9 Å². The number of carbonyl (C=O) groups excluding carboxylic acids is 2. The molecule has 1 aromatic carbocycles. The summed E-state index contributed by atoms with van der Waals surface area (Å²) in [6.45, 7) is 6.38. The minimum Gasteiger partial charge on any atom is -0.462 e. The molecule has 172 valence electrons. The summed E-state index contributed by atoms with van der Waals surface area (Å²) < 4.78 is 71.9. The third-order valence-corrected chi connectivity index (χ3v) is 4.43. The van der Waals surface area contributed by atoms with E-state index >= 15 is 0 Å². The number of hydrogen-bond acceptors (Lipinski definition) is 5. The SMILES string of the molecule is C=CC(=O)OCCC1=CCC(OC(F)(F)c2c(F)cc(CCOC(=O)C=C)cc2F)C=C1. The fraction of sp³-hybridized carbons (Fsp3) is 0.304. The van der Waals surface area contributed by atoms with Crippen molar-refractivity contribution in [2.45, 2.75) is 31.5 Å². The normalized spacial score (nSPS) is 15.6. The standard InChI is InChI=1S/C23H22F4O5/c1-3-20(28)30-11-9-15-5-7-17(8-6-15)32-23(26,27)22-18(24)13-16(14-19(22)25)10-12-31-21(29)4-2/h3-7,13-14,17H,1-2,8-12H2. The second-order valence-corrected chi connectivity index (χ2v) is 6.72. The molecule has 0 radical (unpaired) electrons. The van der Waals surface area contributed by atoms with Gasteiger partial charge in [0.2, 0.25) is 0 Å². The summed E-state index contributed by atoms with van der Waals surface area (Å²) in [5.74, 6) is -4.22. The van der Waals surface area contributed by atoms with E-state index in [4.69, 9.17) is 9.47 Å². The molecule has 0 aromatic heterocycles. The summed E-state index contributed by atoms with van der Waals surface area (Å²) in [5.41, 5.74) is -0.716. The first-order chi connectivity index (χ1) is 15.2. The lowest BCUT2D eigenvalue weighted by molar-refractivity contribution is -0.266. The van der Waals surface area contributed by atoms with Gasteiger partial charge in [0.1, 0.15) is 17.2 Å². The van der Waals surface area contributed by atoms with Crippen molar-refractivity contribution in [2.24, 2.45) is 0 Å². The molecule has 32 heavy (non-hydrogen) atoms. The van der Waals surface area contributed by atoms with Crippen LogP contribution in [0.5, 0.6) is 0 Å². The molecule has 2 rings (SSSR count). The van der Waals surface area contributed by atoms with Gasteiger partial charge in [0.25, 0.3) is 0 Å². The molecular weight excluding hydrogens is 432 g/mol. The molecule has 0 heterocycles. The molecule has 0 aliphatic heterocycles. The van der Waals surface area contributed by atoms with Crippen LogP contribution < -0.4 is 0 Å². The maximum atomic E-state index is 14.5.